The molecule has 0 saturated carbocycles. The van der Waals surface area contributed by atoms with Crippen molar-refractivity contribution in [3.8, 4) is 5.75 Å². The minimum absolute atomic E-state index is 0.0543. The second kappa shape index (κ2) is 15.4. The van der Waals surface area contributed by atoms with Gasteiger partial charge in [0.1, 0.15) is 12.4 Å². The number of rotatable bonds is 13. The van der Waals surface area contributed by atoms with Crippen molar-refractivity contribution in [2.45, 2.75) is 91.5 Å². The SMILES string of the molecule is CCCC(CC)(Pc1c(C)cccc1CN(c1ccccc1)c1ccccc1)c1cc(C)cc(C(C)(C)C)c1OCc1ccccc1. The van der Waals surface area contributed by atoms with Crippen molar-refractivity contribution in [2.24, 2.45) is 0 Å². The lowest BCUT2D eigenvalue weighted by molar-refractivity contribution is 0.289. The molecule has 0 aromatic heterocycles. The highest BCUT2D eigenvalue weighted by Crippen LogP contribution is 2.54. The van der Waals surface area contributed by atoms with Gasteiger partial charge in [0, 0.05) is 34.2 Å². The lowest BCUT2D eigenvalue weighted by atomic mass is 9.80. The zero-order chi connectivity index (χ0) is 33.4. The van der Waals surface area contributed by atoms with Crippen LogP contribution in [0.2, 0.25) is 0 Å². The second-order valence-electron chi connectivity index (χ2n) is 13.9. The van der Waals surface area contributed by atoms with Crippen LogP contribution in [0.5, 0.6) is 5.75 Å². The monoisotopic (exact) mass is 641 g/mol. The topological polar surface area (TPSA) is 12.5 Å². The highest BCUT2D eigenvalue weighted by atomic mass is 31.1. The summed E-state index contributed by atoms with van der Waals surface area (Å²) in [6.07, 6.45) is 3.26. The Bertz CT molecular complexity index is 1690. The number of para-hydroxylation sites is 2. The van der Waals surface area contributed by atoms with E-state index < -0.39 is 0 Å². The third-order valence-electron chi connectivity index (χ3n) is 9.25. The van der Waals surface area contributed by atoms with Gasteiger partial charge in [0.25, 0.3) is 0 Å². The van der Waals surface area contributed by atoms with E-state index >= 15 is 0 Å². The van der Waals surface area contributed by atoms with E-state index in [0.29, 0.717) is 15.2 Å². The van der Waals surface area contributed by atoms with E-state index in [1.165, 1.54) is 50.1 Å². The van der Waals surface area contributed by atoms with E-state index in [1.807, 2.05) is 0 Å². The second-order valence-corrected chi connectivity index (χ2v) is 15.6. The van der Waals surface area contributed by atoms with Crippen LogP contribution in [0.1, 0.15) is 87.3 Å². The van der Waals surface area contributed by atoms with Crippen LogP contribution >= 0.6 is 8.58 Å². The van der Waals surface area contributed by atoms with Gasteiger partial charge in [-0.1, -0.05) is 152 Å². The summed E-state index contributed by atoms with van der Waals surface area (Å²) in [6, 6.07) is 43.9. The van der Waals surface area contributed by atoms with Crippen LogP contribution < -0.4 is 14.9 Å². The van der Waals surface area contributed by atoms with Crippen LogP contribution in [0.15, 0.2) is 121 Å². The maximum absolute atomic E-state index is 6.96. The number of hydrogen-bond donors (Lipinski definition) is 0. The summed E-state index contributed by atoms with van der Waals surface area (Å²) in [5.74, 6) is 1.08. The summed E-state index contributed by atoms with van der Waals surface area (Å²) in [5, 5.41) is 1.42. The zero-order valence-corrected chi connectivity index (χ0v) is 30.4. The number of nitrogens with zero attached hydrogens (tertiary/aromatic N) is 1. The third-order valence-corrected chi connectivity index (χ3v) is 11.6. The molecule has 2 nitrogen and oxygen atoms in total. The molecule has 0 aliphatic rings. The molecule has 0 aliphatic heterocycles. The fraction of sp³-hybridized carbons (Fsp3) is 0.318. The Morgan fingerprint density at radius 2 is 1.26 bits per heavy atom. The lowest BCUT2D eigenvalue weighted by Crippen LogP contribution is -2.28. The largest absolute Gasteiger partial charge is 0.488 e. The van der Waals surface area contributed by atoms with Crippen LogP contribution in [-0.2, 0) is 23.7 Å². The molecule has 2 unspecified atom stereocenters. The van der Waals surface area contributed by atoms with E-state index in [9.17, 15) is 0 Å². The fourth-order valence-corrected chi connectivity index (χ4v) is 8.67. The van der Waals surface area contributed by atoms with Gasteiger partial charge in [-0.05, 0) is 78.4 Å². The molecule has 244 valence electrons. The minimum atomic E-state index is -0.0576. The Kier molecular flexibility index (Phi) is 11.3. The molecule has 0 saturated heterocycles. The quantitative estimate of drug-likeness (QED) is 0.119. The Hall–Kier alpha value is -3.87. The molecule has 5 rings (SSSR count). The van der Waals surface area contributed by atoms with E-state index in [2.05, 4.69) is 175 Å². The molecular formula is C44H52NOP. The van der Waals surface area contributed by atoms with Crippen LogP contribution in [-0.4, -0.2) is 0 Å². The van der Waals surface area contributed by atoms with Gasteiger partial charge < -0.3 is 9.64 Å². The van der Waals surface area contributed by atoms with Crippen molar-refractivity contribution in [3.63, 3.8) is 0 Å². The van der Waals surface area contributed by atoms with Gasteiger partial charge in [-0.25, -0.2) is 0 Å². The molecule has 0 fully saturated rings. The molecule has 0 aliphatic carbocycles. The Morgan fingerprint density at radius 1 is 0.681 bits per heavy atom. The van der Waals surface area contributed by atoms with E-state index in [0.717, 1.165) is 31.6 Å². The molecule has 0 N–H and O–H groups in total. The fourth-order valence-electron chi connectivity index (χ4n) is 6.71. The summed E-state index contributed by atoms with van der Waals surface area (Å²) in [4.78, 5) is 2.45. The van der Waals surface area contributed by atoms with E-state index in [-0.39, 0.29) is 10.6 Å². The first-order chi connectivity index (χ1) is 22.6. The van der Waals surface area contributed by atoms with Gasteiger partial charge in [-0.3, -0.25) is 0 Å². The molecule has 2 atom stereocenters. The average Bonchev–Trinajstić information content (AvgIpc) is 3.08. The Labute approximate surface area is 286 Å². The number of anilines is 2. The average molecular weight is 642 g/mol. The summed E-state index contributed by atoms with van der Waals surface area (Å²) in [6.45, 7) is 17.6. The molecule has 0 radical (unpaired) electrons. The van der Waals surface area contributed by atoms with E-state index in [4.69, 9.17) is 4.74 Å². The summed E-state index contributed by atoms with van der Waals surface area (Å²) in [7, 11) is 0.599. The lowest BCUT2D eigenvalue weighted by Gasteiger charge is -2.38. The highest BCUT2D eigenvalue weighted by molar-refractivity contribution is 7.48. The number of ether oxygens (including phenoxy) is 1. The highest BCUT2D eigenvalue weighted by Gasteiger charge is 2.37. The maximum atomic E-state index is 6.96. The third kappa shape index (κ3) is 8.17. The first-order valence-electron chi connectivity index (χ1n) is 17.2. The van der Waals surface area contributed by atoms with Crippen LogP contribution in [0.4, 0.5) is 11.4 Å². The van der Waals surface area contributed by atoms with Gasteiger partial charge >= 0.3 is 0 Å². The molecule has 5 aromatic rings. The first kappa shape index (κ1) is 34.5. The van der Waals surface area contributed by atoms with Gasteiger partial charge in [-0.2, -0.15) is 0 Å². The van der Waals surface area contributed by atoms with Crippen molar-refractivity contribution in [3.05, 3.63) is 155 Å². The van der Waals surface area contributed by atoms with Gasteiger partial charge in [0.05, 0.1) is 0 Å². The standard InChI is InChI=1S/C44H52NOP/c1-8-28-44(9-2,40-30-33(3)29-39(43(5,6)7)41(40)46-32-35-21-13-10-14-22-35)47-42-34(4)20-19-23-36(42)31-45(37-24-15-11-16-25-37)38-26-17-12-18-27-38/h10-27,29-30,47H,8-9,28,31-32H2,1-7H3. The molecule has 3 heteroatoms. The van der Waals surface area contributed by atoms with Crippen molar-refractivity contribution in [1.82, 2.24) is 0 Å². The summed E-state index contributed by atoms with van der Waals surface area (Å²) < 4.78 is 6.96. The van der Waals surface area contributed by atoms with Crippen molar-refractivity contribution in [1.29, 1.82) is 0 Å². The summed E-state index contributed by atoms with van der Waals surface area (Å²) >= 11 is 0. The van der Waals surface area contributed by atoms with Crippen molar-refractivity contribution < 1.29 is 4.74 Å². The number of benzene rings is 5. The smallest absolute Gasteiger partial charge is 0.127 e. The maximum Gasteiger partial charge on any atom is 0.127 e. The van der Waals surface area contributed by atoms with Crippen LogP contribution in [0.25, 0.3) is 0 Å². The Balaban J connectivity index is 1.64. The van der Waals surface area contributed by atoms with Crippen LogP contribution in [0, 0.1) is 13.8 Å². The number of hydrogen-bond acceptors (Lipinski definition) is 2. The normalized spacial score (nSPS) is 13.1. The van der Waals surface area contributed by atoms with Crippen molar-refractivity contribution >= 4 is 25.3 Å². The molecule has 5 aromatic carbocycles. The van der Waals surface area contributed by atoms with Gasteiger partial charge in [-0.15, -0.1) is 0 Å². The first-order valence-corrected chi connectivity index (χ1v) is 18.2. The molecule has 47 heavy (non-hydrogen) atoms. The summed E-state index contributed by atoms with van der Waals surface area (Å²) in [5.41, 5.74) is 10.3. The minimum Gasteiger partial charge on any atom is -0.488 e. The molecular weight excluding hydrogens is 589 g/mol. The van der Waals surface area contributed by atoms with E-state index in [1.54, 1.807) is 0 Å². The molecule has 0 amide bonds. The predicted molar refractivity (Wildman–Crippen MR) is 205 cm³/mol. The van der Waals surface area contributed by atoms with Crippen molar-refractivity contribution in [2.75, 3.05) is 4.90 Å². The molecule has 0 spiro atoms. The van der Waals surface area contributed by atoms with Crippen LogP contribution in [0.3, 0.4) is 0 Å². The Morgan fingerprint density at radius 3 is 1.81 bits per heavy atom. The molecule has 0 bridgehead atoms. The van der Waals surface area contributed by atoms with Gasteiger partial charge in [0.2, 0.25) is 0 Å². The number of aryl methyl sites for hydroxylation is 2. The zero-order valence-electron chi connectivity index (χ0n) is 29.4. The van der Waals surface area contributed by atoms with Gasteiger partial charge in [0.15, 0.2) is 0 Å². The molecule has 0 heterocycles. The predicted octanol–water partition coefficient (Wildman–Crippen LogP) is 11.9.